The summed E-state index contributed by atoms with van der Waals surface area (Å²) in [5.41, 5.74) is 1.11. The van der Waals surface area contributed by atoms with E-state index in [0.29, 0.717) is 30.7 Å². The fourth-order valence-electron chi connectivity index (χ4n) is 3.79. The summed E-state index contributed by atoms with van der Waals surface area (Å²) >= 11 is 0. The maximum Gasteiger partial charge on any atom is 0.316 e. The summed E-state index contributed by atoms with van der Waals surface area (Å²) in [5, 5.41) is 6.30. The minimum absolute atomic E-state index is 0.115. The molecule has 138 valence electrons. The molecule has 1 aromatic carbocycles. The number of aromatic nitrogens is 3. The largest absolute Gasteiger partial charge is 0.366 e. The summed E-state index contributed by atoms with van der Waals surface area (Å²) in [6.07, 6.45) is 4.86. The maximum absolute atomic E-state index is 12.7. The molecule has 1 aliphatic heterocycles. The van der Waals surface area contributed by atoms with E-state index < -0.39 is 0 Å². The van der Waals surface area contributed by atoms with E-state index in [2.05, 4.69) is 39.1 Å². The molecule has 3 heterocycles. The Morgan fingerprint density at radius 1 is 1.15 bits per heavy atom. The van der Waals surface area contributed by atoms with Gasteiger partial charge in [-0.2, -0.15) is 4.98 Å². The Hall–Kier alpha value is -2.96. The first-order valence-corrected chi connectivity index (χ1v) is 9.41. The van der Waals surface area contributed by atoms with Crippen molar-refractivity contribution in [2.75, 3.05) is 31.1 Å². The molecule has 7 nitrogen and oxygen atoms in total. The van der Waals surface area contributed by atoms with Crippen molar-refractivity contribution in [3.63, 3.8) is 0 Å². The fourth-order valence-corrected chi connectivity index (χ4v) is 3.79. The van der Waals surface area contributed by atoms with E-state index in [4.69, 9.17) is 4.52 Å². The van der Waals surface area contributed by atoms with Gasteiger partial charge >= 0.3 is 11.8 Å². The number of nitrogens with zero attached hydrogens (tertiary/aromatic N) is 5. The average molecular weight is 363 g/mol. The topological polar surface area (TPSA) is 75.4 Å². The third-order valence-corrected chi connectivity index (χ3v) is 5.62. The zero-order chi connectivity index (χ0) is 18.4. The number of hydrogen-bond donors (Lipinski definition) is 0. The quantitative estimate of drug-likeness (QED) is 0.712. The van der Waals surface area contributed by atoms with Gasteiger partial charge in [0.25, 0.3) is 0 Å². The van der Waals surface area contributed by atoms with Crippen molar-refractivity contribution in [1.82, 2.24) is 20.0 Å². The molecule has 1 saturated heterocycles. The van der Waals surface area contributed by atoms with Crippen LogP contribution in [-0.2, 0) is 0 Å². The van der Waals surface area contributed by atoms with E-state index in [1.807, 2.05) is 24.5 Å². The van der Waals surface area contributed by atoms with Gasteiger partial charge in [-0.25, -0.2) is 0 Å². The molecule has 3 aromatic rings. The van der Waals surface area contributed by atoms with Crippen LogP contribution in [0.5, 0.6) is 0 Å². The number of hydrogen-bond acceptors (Lipinski definition) is 6. The van der Waals surface area contributed by atoms with Gasteiger partial charge in [-0.15, -0.1) is 0 Å². The number of pyridine rings is 1. The highest BCUT2D eigenvalue weighted by molar-refractivity contribution is 5.93. The number of carbonyl (C=O) groups is 1. The van der Waals surface area contributed by atoms with Crippen LogP contribution in [-0.4, -0.2) is 52.1 Å². The first-order valence-electron chi connectivity index (χ1n) is 9.41. The van der Waals surface area contributed by atoms with Gasteiger partial charge < -0.3 is 14.3 Å². The molecular weight excluding hydrogens is 342 g/mol. The number of carbonyl (C=O) groups excluding carboxylic acids is 1. The molecule has 2 fully saturated rings. The summed E-state index contributed by atoms with van der Waals surface area (Å²) in [6.45, 7) is 4.91. The molecule has 2 atom stereocenters. The summed E-state index contributed by atoms with van der Waals surface area (Å²) in [7, 11) is 0. The van der Waals surface area contributed by atoms with Crippen molar-refractivity contribution >= 4 is 22.4 Å². The Bertz CT molecular complexity index is 987. The lowest BCUT2D eigenvalue weighted by Crippen LogP contribution is -2.49. The molecule has 0 bridgehead atoms. The number of benzene rings is 1. The van der Waals surface area contributed by atoms with Crippen LogP contribution in [0.1, 0.15) is 35.8 Å². The van der Waals surface area contributed by atoms with Crippen LogP contribution in [0.15, 0.2) is 41.2 Å². The average Bonchev–Trinajstić information content (AvgIpc) is 3.25. The number of anilines is 1. The molecule has 0 spiro atoms. The van der Waals surface area contributed by atoms with Crippen LogP contribution >= 0.6 is 0 Å². The highest BCUT2D eigenvalue weighted by Gasteiger charge is 2.39. The summed E-state index contributed by atoms with van der Waals surface area (Å²) in [5.74, 6) is 1.56. The summed E-state index contributed by atoms with van der Waals surface area (Å²) in [4.78, 5) is 25.5. The van der Waals surface area contributed by atoms with Gasteiger partial charge in [0.2, 0.25) is 0 Å². The van der Waals surface area contributed by atoms with Crippen molar-refractivity contribution in [2.45, 2.75) is 19.3 Å². The van der Waals surface area contributed by atoms with Gasteiger partial charge in [0.15, 0.2) is 5.82 Å². The van der Waals surface area contributed by atoms with Crippen LogP contribution in [0.25, 0.3) is 10.8 Å². The monoisotopic (exact) mass is 363 g/mol. The van der Waals surface area contributed by atoms with E-state index in [-0.39, 0.29) is 11.8 Å². The smallest absolute Gasteiger partial charge is 0.316 e. The molecule has 2 unspecified atom stereocenters. The second-order valence-corrected chi connectivity index (χ2v) is 7.44. The SMILES string of the molecule is CC1CC1c1noc(C(=O)N2CCN(c3cncc4ccccc34)CC2)n1. The first-order chi connectivity index (χ1) is 13.2. The molecule has 27 heavy (non-hydrogen) atoms. The van der Waals surface area contributed by atoms with Gasteiger partial charge in [-0.1, -0.05) is 36.3 Å². The maximum atomic E-state index is 12.7. The van der Waals surface area contributed by atoms with E-state index in [0.717, 1.165) is 30.6 Å². The van der Waals surface area contributed by atoms with E-state index >= 15 is 0 Å². The minimum Gasteiger partial charge on any atom is -0.366 e. The molecule has 0 radical (unpaired) electrons. The highest BCUT2D eigenvalue weighted by Crippen LogP contribution is 2.45. The third kappa shape index (κ3) is 2.93. The van der Waals surface area contributed by atoms with Gasteiger partial charge in [0.05, 0.1) is 11.9 Å². The van der Waals surface area contributed by atoms with Crippen LogP contribution in [0.3, 0.4) is 0 Å². The standard InChI is InChI=1S/C20H21N5O2/c1-13-10-16(13)18-22-19(27-23-18)20(26)25-8-6-24(7-9-25)17-12-21-11-14-4-2-3-5-15(14)17/h2-5,11-13,16H,6-10H2,1H3. The first kappa shape index (κ1) is 16.2. The van der Waals surface area contributed by atoms with Gasteiger partial charge in [-0.3, -0.25) is 9.78 Å². The minimum atomic E-state index is -0.169. The van der Waals surface area contributed by atoms with Crippen LogP contribution in [0.2, 0.25) is 0 Å². The van der Waals surface area contributed by atoms with Gasteiger partial charge in [0.1, 0.15) is 0 Å². The van der Waals surface area contributed by atoms with E-state index in [1.165, 1.54) is 5.39 Å². The number of amides is 1. The Balaban J connectivity index is 1.28. The second kappa shape index (κ2) is 6.33. The van der Waals surface area contributed by atoms with Crippen molar-refractivity contribution in [1.29, 1.82) is 0 Å². The molecule has 7 heteroatoms. The second-order valence-electron chi connectivity index (χ2n) is 7.44. The Morgan fingerprint density at radius 3 is 2.70 bits per heavy atom. The Labute approximate surface area is 157 Å². The van der Waals surface area contributed by atoms with Crippen molar-refractivity contribution < 1.29 is 9.32 Å². The normalized spacial score (nSPS) is 22.3. The zero-order valence-electron chi connectivity index (χ0n) is 15.2. The van der Waals surface area contributed by atoms with E-state index in [9.17, 15) is 4.79 Å². The highest BCUT2D eigenvalue weighted by atomic mass is 16.5. The van der Waals surface area contributed by atoms with Crippen molar-refractivity contribution in [3.8, 4) is 0 Å². The Morgan fingerprint density at radius 2 is 1.93 bits per heavy atom. The van der Waals surface area contributed by atoms with Crippen LogP contribution in [0.4, 0.5) is 5.69 Å². The number of piperazine rings is 1. The lowest BCUT2D eigenvalue weighted by atomic mass is 10.1. The molecular formula is C20H21N5O2. The molecule has 1 amide bonds. The molecule has 1 saturated carbocycles. The Kier molecular flexibility index (Phi) is 3.81. The lowest BCUT2D eigenvalue weighted by molar-refractivity contribution is 0.0697. The third-order valence-electron chi connectivity index (χ3n) is 5.62. The lowest BCUT2D eigenvalue weighted by Gasteiger charge is -2.35. The number of fused-ring (bicyclic) bond motifs is 1. The zero-order valence-corrected chi connectivity index (χ0v) is 15.2. The summed E-state index contributed by atoms with van der Waals surface area (Å²) in [6, 6.07) is 8.24. The molecule has 5 rings (SSSR count). The van der Waals surface area contributed by atoms with Crippen LogP contribution in [0, 0.1) is 5.92 Å². The van der Waals surface area contributed by atoms with Crippen molar-refractivity contribution in [3.05, 3.63) is 48.4 Å². The van der Waals surface area contributed by atoms with Crippen molar-refractivity contribution in [2.24, 2.45) is 5.92 Å². The molecule has 0 N–H and O–H groups in total. The summed E-state index contributed by atoms with van der Waals surface area (Å²) < 4.78 is 5.22. The predicted molar refractivity (Wildman–Crippen MR) is 101 cm³/mol. The van der Waals surface area contributed by atoms with Crippen LogP contribution < -0.4 is 4.90 Å². The molecule has 2 aromatic heterocycles. The van der Waals surface area contributed by atoms with Gasteiger partial charge in [0, 0.05) is 49.1 Å². The number of rotatable bonds is 3. The van der Waals surface area contributed by atoms with E-state index in [1.54, 1.807) is 4.90 Å². The van der Waals surface area contributed by atoms with Gasteiger partial charge in [-0.05, 0) is 12.3 Å². The molecule has 2 aliphatic rings. The molecule has 1 aliphatic carbocycles. The fraction of sp³-hybridized carbons (Fsp3) is 0.400. The predicted octanol–water partition coefficient (Wildman–Crippen LogP) is 2.70.